The van der Waals surface area contributed by atoms with Gasteiger partial charge in [-0.3, -0.25) is 4.90 Å². The van der Waals surface area contributed by atoms with Gasteiger partial charge in [0, 0.05) is 27.6 Å². The molecule has 1 N–H and O–H groups in total. The van der Waals surface area contributed by atoms with E-state index in [1.165, 1.54) is 7.11 Å². The van der Waals surface area contributed by atoms with Crippen LogP contribution >= 0.6 is 0 Å². The molecule has 5 nitrogen and oxygen atoms in total. The van der Waals surface area contributed by atoms with Crippen molar-refractivity contribution in [2.75, 3.05) is 46.5 Å². The summed E-state index contributed by atoms with van der Waals surface area (Å²) in [5.41, 5.74) is 0. The molecule has 1 amide bonds. The van der Waals surface area contributed by atoms with Crippen molar-refractivity contribution in [3.8, 4) is 0 Å². The van der Waals surface area contributed by atoms with Gasteiger partial charge in [0.1, 0.15) is 0 Å². The van der Waals surface area contributed by atoms with Gasteiger partial charge in [-0.05, 0) is 0 Å². The second-order valence-corrected chi connectivity index (χ2v) is 2.87. The van der Waals surface area contributed by atoms with Crippen molar-refractivity contribution in [1.82, 2.24) is 10.2 Å². The minimum Gasteiger partial charge on any atom is -0.453 e. The molecule has 0 atom stereocenters. The van der Waals surface area contributed by atoms with Gasteiger partial charge in [-0.1, -0.05) is 0 Å². The fourth-order valence-electron chi connectivity index (χ4n) is 1.21. The fraction of sp³-hybridized carbons (Fsp3) is 0.875. The molecule has 1 fully saturated rings. The standard InChI is InChI=1S/C8H16N2O3.H2/c1-12-8(11)9-2-3-10-4-6-13-7-5-10;/h2-7H2,1H3,(H,9,11);1H. The predicted octanol–water partition coefficient (Wildman–Crippen LogP) is -0.0794. The van der Waals surface area contributed by atoms with Crippen LogP contribution in [0.4, 0.5) is 4.79 Å². The van der Waals surface area contributed by atoms with E-state index < -0.39 is 0 Å². The van der Waals surface area contributed by atoms with E-state index in [-0.39, 0.29) is 7.52 Å². The first-order valence-electron chi connectivity index (χ1n) is 4.45. The minimum atomic E-state index is -0.367. The Morgan fingerprint density at radius 1 is 1.62 bits per heavy atom. The molecule has 0 aromatic carbocycles. The van der Waals surface area contributed by atoms with Crippen LogP contribution in [-0.2, 0) is 9.47 Å². The van der Waals surface area contributed by atoms with Crippen LogP contribution in [0.2, 0.25) is 0 Å². The summed E-state index contributed by atoms with van der Waals surface area (Å²) < 4.78 is 9.64. The zero-order chi connectivity index (χ0) is 9.52. The highest BCUT2D eigenvalue weighted by molar-refractivity contribution is 5.66. The number of hydrogen-bond acceptors (Lipinski definition) is 4. The van der Waals surface area contributed by atoms with E-state index in [0.717, 1.165) is 32.8 Å². The van der Waals surface area contributed by atoms with E-state index >= 15 is 0 Å². The third-order valence-corrected chi connectivity index (χ3v) is 1.99. The van der Waals surface area contributed by atoms with E-state index in [0.29, 0.717) is 6.54 Å². The van der Waals surface area contributed by atoms with Crippen LogP contribution in [0.5, 0.6) is 0 Å². The largest absolute Gasteiger partial charge is 0.453 e. The van der Waals surface area contributed by atoms with Gasteiger partial charge >= 0.3 is 6.09 Å². The quantitative estimate of drug-likeness (QED) is 0.676. The van der Waals surface area contributed by atoms with Crippen molar-refractivity contribution in [2.24, 2.45) is 0 Å². The van der Waals surface area contributed by atoms with Gasteiger partial charge < -0.3 is 14.8 Å². The van der Waals surface area contributed by atoms with Crippen LogP contribution < -0.4 is 5.32 Å². The van der Waals surface area contributed by atoms with E-state index in [4.69, 9.17) is 4.74 Å². The summed E-state index contributed by atoms with van der Waals surface area (Å²) in [5, 5.41) is 2.64. The highest BCUT2D eigenvalue weighted by atomic mass is 16.5. The first-order valence-corrected chi connectivity index (χ1v) is 4.45. The molecule has 0 unspecified atom stereocenters. The van der Waals surface area contributed by atoms with Gasteiger partial charge in [-0.15, -0.1) is 0 Å². The maximum atomic E-state index is 10.7. The number of hydrogen-bond donors (Lipinski definition) is 1. The molecule has 1 heterocycles. The van der Waals surface area contributed by atoms with Crippen molar-refractivity contribution in [2.45, 2.75) is 0 Å². The summed E-state index contributed by atoms with van der Waals surface area (Å²) in [5.74, 6) is 0. The Labute approximate surface area is 79.5 Å². The van der Waals surface area contributed by atoms with E-state index in [1.807, 2.05) is 0 Å². The maximum Gasteiger partial charge on any atom is 0.406 e. The Bertz CT molecular complexity index is 163. The van der Waals surface area contributed by atoms with Gasteiger partial charge in [0.15, 0.2) is 0 Å². The monoisotopic (exact) mass is 190 g/mol. The fourth-order valence-corrected chi connectivity index (χ4v) is 1.21. The van der Waals surface area contributed by atoms with Crippen LogP contribution in [0.3, 0.4) is 0 Å². The molecule has 78 valence electrons. The number of carbonyl (C=O) groups is 1. The summed E-state index contributed by atoms with van der Waals surface area (Å²) >= 11 is 0. The number of rotatable bonds is 3. The highest BCUT2D eigenvalue weighted by Crippen LogP contribution is 1.94. The van der Waals surface area contributed by atoms with Crippen molar-refractivity contribution < 1.29 is 15.7 Å². The molecule has 1 saturated heterocycles. The van der Waals surface area contributed by atoms with Crippen molar-refractivity contribution >= 4 is 6.09 Å². The number of amides is 1. The van der Waals surface area contributed by atoms with E-state index in [1.54, 1.807) is 0 Å². The molecule has 1 aliphatic rings. The molecule has 0 bridgehead atoms. The lowest BCUT2D eigenvalue weighted by molar-refractivity contribution is 0.0384. The van der Waals surface area contributed by atoms with Gasteiger partial charge in [0.05, 0.1) is 20.3 Å². The lowest BCUT2D eigenvalue weighted by atomic mass is 10.4. The van der Waals surface area contributed by atoms with Crippen molar-refractivity contribution in [3.63, 3.8) is 0 Å². The molecule has 0 radical (unpaired) electrons. The van der Waals surface area contributed by atoms with Crippen molar-refractivity contribution in [1.29, 1.82) is 0 Å². The second-order valence-electron chi connectivity index (χ2n) is 2.87. The lowest BCUT2D eigenvalue weighted by Crippen LogP contribution is -2.41. The van der Waals surface area contributed by atoms with E-state index in [9.17, 15) is 4.79 Å². The molecule has 0 spiro atoms. The van der Waals surface area contributed by atoms with Crippen molar-refractivity contribution in [3.05, 3.63) is 0 Å². The average Bonchev–Trinajstić information content (AvgIpc) is 2.19. The number of alkyl carbamates (subject to hydrolysis) is 1. The SMILES string of the molecule is COC(=O)NCCN1CCOCC1.[HH]. The lowest BCUT2D eigenvalue weighted by Gasteiger charge is -2.26. The number of methoxy groups -OCH3 is 1. The summed E-state index contributed by atoms with van der Waals surface area (Å²) in [6, 6.07) is 0. The zero-order valence-electron chi connectivity index (χ0n) is 7.91. The van der Waals surface area contributed by atoms with Gasteiger partial charge in [0.25, 0.3) is 0 Å². The Kier molecular flexibility index (Phi) is 4.56. The van der Waals surface area contributed by atoms with Crippen LogP contribution in [0.15, 0.2) is 0 Å². The van der Waals surface area contributed by atoms with Gasteiger partial charge in [-0.25, -0.2) is 4.79 Å². The Morgan fingerprint density at radius 3 is 2.92 bits per heavy atom. The number of morpholine rings is 1. The third kappa shape index (κ3) is 4.10. The Morgan fingerprint density at radius 2 is 2.31 bits per heavy atom. The van der Waals surface area contributed by atoms with Crippen LogP contribution in [0.25, 0.3) is 0 Å². The number of nitrogens with zero attached hydrogens (tertiary/aromatic N) is 1. The minimum absolute atomic E-state index is 0. The molecule has 1 rings (SSSR count). The molecule has 5 heteroatoms. The molecule has 13 heavy (non-hydrogen) atoms. The zero-order valence-corrected chi connectivity index (χ0v) is 7.91. The van der Waals surface area contributed by atoms with Gasteiger partial charge in [0.2, 0.25) is 0 Å². The number of nitrogens with one attached hydrogen (secondary N) is 1. The first kappa shape index (κ1) is 10.3. The van der Waals surface area contributed by atoms with Crippen LogP contribution in [0, 0.1) is 0 Å². The summed E-state index contributed by atoms with van der Waals surface area (Å²) in [7, 11) is 1.37. The topological polar surface area (TPSA) is 50.8 Å². The second kappa shape index (κ2) is 5.77. The van der Waals surface area contributed by atoms with Crippen LogP contribution in [-0.4, -0.2) is 57.5 Å². The molecule has 0 aromatic rings. The molecular formula is C8H18N2O3. The first-order chi connectivity index (χ1) is 6.33. The summed E-state index contributed by atoms with van der Waals surface area (Å²) in [6.45, 7) is 4.97. The predicted molar refractivity (Wildman–Crippen MR) is 49.8 cm³/mol. The van der Waals surface area contributed by atoms with Gasteiger partial charge in [-0.2, -0.15) is 0 Å². The highest BCUT2D eigenvalue weighted by Gasteiger charge is 2.09. The summed E-state index contributed by atoms with van der Waals surface area (Å²) in [4.78, 5) is 12.9. The van der Waals surface area contributed by atoms with E-state index in [2.05, 4.69) is 15.0 Å². The molecule has 0 saturated carbocycles. The molecule has 0 aliphatic carbocycles. The number of carbonyl (C=O) groups excluding carboxylic acids is 1. The Hall–Kier alpha value is -0.810. The normalized spacial score (nSPS) is 18.2. The average molecular weight is 190 g/mol. The van der Waals surface area contributed by atoms with Crippen LogP contribution in [0.1, 0.15) is 1.43 Å². The maximum absolute atomic E-state index is 10.7. The third-order valence-electron chi connectivity index (χ3n) is 1.99. The molecule has 1 aliphatic heterocycles. The Balaban J connectivity index is 0.00000169. The summed E-state index contributed by atoms with van der Waals surface area (Å²) in [6.07, 6.45) is -0.367. The number of ether oxygens (including phenoxy) is 2. The smallest absolute Gasteiger partial charge is 0.406 e. The molecular weight excluding hydrogens is 172 g/mol. The molecule has 0 aromatic heterocycles.